The third kappa shape index (κ3) is 3.76. The van der Waals surface area contributed by atoms with Crippen LogP contribution in [0.4, 0.5) is 5.69 Å². The van der Waals surface area contributed by atoms with Crippen LogP contribution >= 0.6 is 11.8 Å². The van der Waals surface area contributed by atoms with Crippen LogP contribution in [0.3, 0.4) is 0 Å². The summed E-state index contributed by atoms with van der Waals surface area (Å²) in [4.78, 5) is 5.86. The Morgan fingerprint density at radius 2 is 1.73 bits per heavy atom. The van der Waals surface area contributed by atoms with Crippen molar-refractivity contribution in [3.63, 3.8) is 0 Å². The maximum absolute atomic E-state index is 2.31. The number of nitrogens with zero attached hydrogens (tertiary/aromatic N) is 2. The first-order valence-electron chi connectivity index (χ1n) is 5.14. The van der Waals surface area contributed by atoms with Crippen LogP contribution < -0.4 is 4.90 Å². The maximum atomic E-state index is 2.31. The number of likely N-dealkylation sites (N-methyl/N-ethyl adjacent to an activating group) is 2. The molecule has 0 spiro atoms. The van der Waals surface area contributed by atoms with Crippen LogP contribution in [0.15, 0.2) is 29.2 Å². The smallest absolute Gasteiger partial charge is 0.0502 e. The minimum atomic E-state index is 1.06. The molecule has 0 atom stereocenters. The van der Waals surface area contributed by atoms with Crippen molar-refractivity contribution in [2.75, 3.05) is 45.4 Å². The van der Waals surface area contributed by atoms with Crippen molar-refractivity contribution in [2.24, 2.45) is 0 Å². The van der Waals surface area contributed by atoms with Gasteiger partial charge in [0, 0.05) is 25.0 Å². The second-order valence-corrected chi connectivity index (χ2v) is 4.74. The Balaban J connectivity index is 2.68. The molecule has 0 heterocycles. The number of anilines is 1. The second-order valence-electron chi connectivity index (χ2n) is 3.90. The lowest BCUT2D eigenvalue weighted by Gasteiger charge is -2.23. The molecular weight excluding hydrogens is 204 g/mol. The van der Waals surface area contributed by atoms with Crippen LogP contribution in [0.2, 0.25) is 0 Å². The van der Waals surface area contributed by atoms with Crippen LogP contribution in [-0.4, -0.2) is 45.4 Å². The highest BCUT2D eigenvalue weighted by Crippen LogP contribution is 2.27. The SMILES string of the molecule is CSc1ccccc1N(C)CCN(C)C. The Morgan fingerprint density at radius 1 is 1.07 bits per heavy atom. The van der Waals surface area contributed by atoms with E-state index in [0.717, 1.165) is 13.1 Å². The molecule has 0 saturated carbocycles. The molecule has 0 aliphatic rings. The van der Waals surface area contributed by atoms with Crippen molar-refractivity contribution in [1.29, 1.82) is 0 Å². The lowest BCUT2D eigenvalue weighted by molar-refractivity contribution is 0.416. The summed E-state index contributed by atoms with van der Waals surface area (Å²) < 4.78 is 0. The monoisotopic (exact) mass is 224 g/mol. The highest BCUT2D eigenvalue weighted by atomic mass is 32.2. The van der Waals surface area contributed by atoms with Gasteiger partial charge in [0.15, 0.2) is 0 Å². The molecule has 3 heteroatoms. The Hall–Kier alpha value is -0.670. The van der Waals surface area contributed by atoms with Gasteiger partial charge >= 0.3 is 0 Å². The maximum Gasteiger partial charge on any atom is 0.0502 e. The zero-order valence-corrected chi connectivity index (χ0v) is 10.8. The molecule has 1 rings (SSSR count). The van der Waals surface area contributed by atoms with E-state index >= 15 is 0 Å². The first kappa shape index (κ1) is 12.4. The van der Waals surface area contributed by atoms with Crippen LogP contribution in [0.25, 0.3) is 0 Å². The van der Waals surface area contributed by atoms with Crippen molar-refractivity contribution < 1.29 is 0 Å². The van der Waals surface area contributed by atoms with Crippen LogP contribution in [0, 0.1) is 0 Å². The Kier molecular flexibility index (Phi) is 4.99. The van der Waals surface area contributed by atoms with E-state index in [1.165, 1.54) is 10.6 Å². The first-order chi connectivity index (χ1) is 7.15. The number of hydrogen-bond donors (Lipinski definition) is 0. The lowest BCUT2D eigenvalue weighted by Crippen LogP contribution is -2.28. The molecule has 1 aromatic rings. The molecule has 0 amide bonds. The zero-order chi connectivity index (χ0) is 11.3. The topological polar surface area (TPSA) is 6.48 Å². The zero-order valence-electron chi connectivity index (χ0n) is 10.0. The van der Waals surface area contributed by atoms with E-state index in [1.807, 2.05) is 0 Å². The van der Waals surface area contributed by atoms with E-state index in [2.05, 4.69) is 61.5 Å². The number of rotatable bonds is 5. The van der Waals surface area contributed by atoms with Gasteiger partial charge in [-0.1, -0.05) is 12.1 Å². The minimum Gasteiger partial charge on any atom is -0.372 e. The van der Waals surface area contributed by atoms with E-state index < -0.39 is 0 Å². The summed E-state index contributed by atoms with van der Waals surface area (Å²) in [6.45, 7) is 2.14. The van der Waals surface area contributed by atoms with Crippen molar-refractivity contribution in [1.82, 2.24) is 4.90 Å². The molecule has 0 unspecified atom stereocenters. The summed E-state index contributed by atoms with van der Waals surface area (Å²) in [5, 5.41) is 0. The molecule has 0 N–H and O–H groups in total. The molecular formula is C12H20N2S. The standard InChI is InChI=1S/C12H20N2S/c1-13(2)9-10-14(3)11-7-5-6-8-12(11)15-4/h5-8H,9-10H2,1-4H3. The predicted octanol–water partition coefficient (Wildman–Crippen LogP) is 2.41. The summed E-state index contributed by atoms with van der Waals surface area (Å²) in [7, 11) is 6.36. The van der Waals surface area contributed by atoms with Crippen LogP contribution in [0.5, 0.6) is 0 Å². The molecule has 0 aliphatic carbocycles. The molecule has 0 aromatic heterocycles. The Labute approximate surface area is 97.3 Å². The molecule has 1 aromatic carbocycles. The van der Waals surface area contributed by atoms with Crippen molar-refractivity contribution in [3.8, 4) is 0 Å². The van der Waals surface area contributed by atoms with Crippen molar-refractivity contribution in [3.05, 3.63) is 24.3 Å². The summed E-state index contributed by atoms with van der Waals surface area (Å²) in [6.07, 6.45) is 2.12. The second kappa shape index (κ2) is 6.03. The molecule has 0 saturated heterocycles. The molecule has 84 valence electrons. The van der Waals surface area contributed by atoms with Gasteiger partial charge < -0.3 is 9.80 Å². The van der Waals surface area contributed by atoms with Gasteiger partial charge in [0.05, 0.1) is 5.69 Å². The largest absolute Gasteiger partial charge is 0.372 e. The van der Waals surface area contributed by atoms with E-state index in [0.29, 0.717) is 0 Å². The molecule has 0 bridgehead atoms. The third-order valence-electron chi connectivity index (χ3n) is 2.38. The summed E-state index contributed by atoms with van der Waals surface area (Å²) in [6, 6.07) is 8.55. The number of para-hydroxylation sites is 1. The summed E-state index contributed by atoms with van der Waals surface area (Å²) in [5.74, 6) is 0. The number of benzene rings is 1. The van der Waals surface area contributed by atoms with Crippen molar-refractivity contribution in [2.45, 2.75) is 4.90 Å². The lowest BCUT2D eigenvalue weighted by atomic mass is 10.3. The van der Waals surface area contributed by atoms with E-state index in [4.69, 9.17) is 0 Å². The number of hydrogen-bond acceptors (Lipinski definition) is 3. The van der Waals surface area contributed by atoms with Gasteiger partial charge in [-0.2, -0.15) is 0 Å². The van der Waals surface area contributed by atoms with E-state index in [9.17, 15) is 0 Å². The van der Waals surface area contributed by atoms with Gasteiger partial charge in [0.25, 0.3) is 0 Å². The molecule has 0 fully saturated rings. The average molecular weight is 224 g/mol. The predicted molar refractivity (Wildman–Crippen MR) is 70.0 cm³/mol. The molecule has 0 radical (unpaired) electrons. The van der Waals surface area contributed by atoms with Gasteiger partial charge in [-0.3, -0.25) is 0 Å². The normalized spacial score (nSPS) is 10.7. The Bertz CT molecular complexity index is 299. The average Bonchev–Trinajstić information content (AvgIpc) is 2.25. The van der Waals surface area contributed by atoms with Gasteiger partial charge in [0.1, 0.15) is 0 Å². The first-order valence-corrected chi connectivity index (χ1v) is 6.36. The van der Waals surface area contributed by atoms with Gasteiger partial charge in [0.2, 0.25) is 0 Å². The van der Waals surface area contributed by atoms with Gasteiger partial charge in [-0.15, -0.1) is 11.8 Å². The fourth-order valence-corrected chi connectivity index (χ4v) is 2.06. The van der Waals surface area contributed by atoms with Crippen molar-refractivity contribution >= 4 is 17.4 Å². The highest BCUT2D eigenvalue weighted by Gasteiger charge is 2.05. The minimum absolute atomic E-state index is 1.06. The van der Waals surface area contributed by atoms with Crippen LogP contribution in [-0.2, 0) is 0 Å². The quantitative estimate of drug-likeness (QED) is 0.709. The van der Waals surface area contributed by atoms with Crippen LogP contribution in [0.1, 0.15) is 0 Å². The third-order valence-corrected chi connectivity index (χ3v) is 3.16. The molecule has 0 aliphatic heterocycles. The number of thioether (sulfide) groups is 1. The van der Waals surface area contributed by atoms with Gasteiger partial charge in [-0.05, 0) is 32.5 Å². The highest BCUT2D eigenvalue weighted by molar-refractivity contribution is 7.98. The van der Waals surface area contributed by atoms with Gasteiger partial charge in [-0.25, -0.2) is 0 Å². The Morgan fingerprint density at radius 3 is 2.33 bits per heavy atom. The summed E-state index contributed by atoms with van der Waals surface area (Å²) >= 11 is 1.80. The fourth-order valence-electron chi connectivity index (χ4n) is 1.42. The molecule has 2 nitrogen and oxygen atoms in total. The van der Waals surface area contributed by atoms with E-state index in [-0.39, 0.29) is 0 Å². The fraction of sp³-hybridized carbons (Fsp3) is 0.500. The van der Waals surface area contributed by atoms with E-state index in [1.54, 1.807) is 11.8 Å². The summed E-state index contributed by atoms with van der Waals surface area (Å²) in [5.41, 5.74) is 1.33. The molecule has 15 heavy (non-hydrogen) atoms.